The fourth-order valence-electron chi connectivity index (χ4n) is 3.80. The van der Waals surface area contributed by atoms with Crippen molar-refractivity contribution < 1.29 is 23.9 Å². The molecular formula is C18H20N4O5. The molecule has 142 valence electrons. The summed E-state index contributed by atoms with van der Waals surface area (Å²) in [6, 6.07) is 6.02. The summed E-state index contributed by atoms with van der Waals surface area (Å²) in [6.45, 7) is 1.39. The highest BCUT2D eigenvalue weighted by atomic mass is 16.5. The van der Waals surface area contributed by atoms with E-state index in [-0.39, 0.29) is 24.5 Å². The predicted octanol–water partition coefficient (Wildman–Crippen LogP) is -0.522. The highest BCUT2D eigenvalue weighted by molar-refractivity contribution is 6.40. The van der Waals surface area contributed by atoms with E-state index in [0.717, 1.165) is 0 Å². The van der Waals surface area contributed by atoms with E-state index in [2.05, 4.69) is 10.6 Å². The van der Waals surface area contributed by atoms with E-state index in [9.17, 15) is 19.2 Å². The Kier molecular flexibility index (Phi) is 4.53. The van der Waals surface area contributed by atoms with Crippen LogP contribution in [-0.4, -0.2) is 66.9 Å². The Labute approximate surface area is 155 Å². The molecule has 0 radical (unpaired) electrons. The van der Waals surface area contributed by atoms with Crippen LogP contribution in [0.3, 0.4) is 0 Å². The van der Waals surface area contributed by atoms with Crippen molar-refractivity contribution in [3.05, 3.63) is 24.3 Å². The number of hydrogen-bond donors (Lipinski definition) is 2. The number of fused-ring (bicyclic) bond motifs is 2. The maximum Gasteiger partial charge on any atom is 0.313 e. The summed E-state index contributed by atoms with van der Waals surface area (Å²) < 4.78 is 5.10. The lowest BCUT2D eigenvalue weighted by Gasteiger charge is -2.33. The third kappa shape index (κ3) is 3.25. The number of morpholine rings is 1. The third-order valence-electron chi connectivity index (χ3n) is 5.17. The highest BCUT2D eigenvalue weighted by Crippen LogP contribution is 2.27. The van der Waals surface area contributed by atoms with Gasteiger partial charge in [0, 0.05) is 24.5 Å². The summed E-state index contributed by atoms with van der Waals surface area (Å²) in [5, 5.41) is 5.33. The summed E-state index contributed by atoms with van der Waals surface area (Å²) in [5.41, 5.74) is 1.16. The average molecular weight is 372 g/mol. The molecule has 3 heterocycles. The topological polar surface area (TPSA) is 108 Å². The van der Waals surface area contributed by atoms with E-state index in [1.807, 2.05) is 0 Å². The van der Waals surface area contributed by atoms with Crippen LogP contribution in [0.25, 0.3) is 0 Å². The van der Waals surface area contributed by atoms with Gasteiger partial charge in [-0.25, -0.2) is 0 Å². The van der Waals surface area contributed by atoms with E-state index < -0.39 is 17.9 Å². The molecular weight excluding hydrogens is 352 g/mol. The molecule has 0 spiro atoms. The van der Waals surface area contributed by atoms with E-state index >= 15 is 0 Å². The molecule has 4 amide bonds. The molecule has 1 aromatic carbocycles. The maximum absolute atomic E-state index is 12.5. The van der Waals surface area contributed by atoms with Gasteiger partial charge in [-0.2, -0.15) is 0 Å². The van der Waals surface area contributed by atoms with Gasteiger partial charge in [0.25, 0.3) is 5.91 Å². The molecule has 2 unspecified atom stereocenters. The monoisotopic (exact) mass is 372 g/mol. The molecule has 9 nitrogen and oxygen atoms in total. The Morgan fingerprint density at radius 1 is 1.15 bits per heavy atom. The third-order valence-corrected chi connectivity index (χ3v) is 5.17. The number of anilines is 2. The second-order valence-corrected chi connectivity index (χ2v) is 6.80. The molecule has 3 fully saturated rings. The molecule has 0 saturated carbocycles. The van der Waals surface area contributed by atoms with Crippen LogP contribution in [0.15, 0.2) is 24.3 Å². The van der Waals surface area contributed by atoms with Crippen molar-refractivity contribution in [3.63, 3.8) is 0 Å². The lowest BCUT2D eigenvalue weighted by Crippen LogP contribution is -2.59. The highest BCUT2D eigenvalue weighted by Gasteiger charge is 2.46. The molecule has 3 aliphatic rings. The smallest absolute Gasteiger partial charge is 0.313 e. The molecule has 0 aliphatic carbocycles. The Bertz CT molecular complexity index is 793. The fourth-order valence-corrected chi connectivity index (χ4v) is 3.80. The molecule has 3 aliphatic heterocycles. The fraction of sp³-hybridized carbons (Fsp3) is 0.444. The van der Waals surface area contributed by atoms with Crippen molar-refractivity contribution in [2.75, 3.05) is 36.5 Å². The lowest BCUT2D eigenvalue weighted by molar-refractivity contribution is -0.149. The molecule has 2 bridgehead atoms. The minimum atomic E-state index is -0.767. The van der Waals surface area contributed by atoms with Crippen molar-refractivity contribution in [2.45, 2.75) is 24.9 Å². The number of ether oxygens (including phenoxy) is 1. The minimum absolute atomic E-state index is 0.0543. The van der Waals surface area contributed by atoms with Gasteiger partial charge in [0.2, 0.25) is 5.91 Å². The molecule has 1 aromatic rings. The number of carbonyl (C=O) groups excluding carboxylic acids is 4. The average Bonchev–Trinajstić information content (AvgIpc) is 3.01. The van der Waals surface area contributed by atoms with Crippen molar-refractivity contribution in [1.29, 1.82) is 0 Å². The van der Waals surface area contributed by atoms with Crippen LogP contribution in [0.2, 0.25) is 0 Å². The molecule has 27 heavy (non-hydrogen) atoms. The van der Waals surface area contributed by atoms with Crippen molar-refractivity contribution >= 4 is 35.0 Å². The van der Waals surface area contributed by atoms with Crippen LogP contribution in [0.1, 0.15) is 12.8 Å². The van der Waals surface area contributed by atoms with Gasteiger partial charge in [0.05, 0.1) is 12.6 Å². The summed E-state index contributed by atoms with van der Waals surface area (Å²) in [7, 11) is 0. The van der Waals surface area contributed by atoms with Crippen molar-refractivity contribution in [2.24, 2.45) is 0 Å². The summed E-state index contributed by atoms with van der Waals surface area (Å²) in [6.07, 6.45) is 1.29. The first-order valence-electron chi connectivity index (χ1n) is 8.94. The van der Waals surface area contributed by atoms with Crippen molar-refractivity contribution in [1.82, 2.24) is 10.2 Å². The zero-order valence-electron chi connectivity index (χ0n) is 14.6. The van der Waals surface area contributed by atoms with E-state index in [0.29, 0.717) is 43.9 Å². The van der Waals surface area contributed by atoms with Crippen molar-refractivity contribution in [3.8, 4) is 0 Å². The van der Waals surface area contributed by atoms with Gasteiger partial charge in [-0.15, -0.1) is 0 Å². The molecule has 0 aromatic heterocycles. The Balaban J connectivity index is 1.41. The quantitative estimate of drug-likeness (QED) is 0.679. The van der Waals surface area contributed by atoms with Crippen LogP contribution in [0.4, 0.5) is 11.4 Å². The Morgan fingerprint density at radius 2 is 1.93 bits per heavy atom. The standard InChI is InChI=1S/C18H20N4O5/c23-15-10-27-8-7-21(15)12-3-1-11(2-4-12)20-17(25)18(26)22-13-5-6-14(22)16(24)19-9-13/h1-4,13-14H,5-10H2,(H,19,24)(H,20,25). The summed E-state index contributed by atoms with van der Waals surface area (Å²) in [4.78, 5) is 51.7. The van der Waals surface area contributed by atoms with Gasteiger partial charge in [-0.1, -0.05) is 0 Å². The Morgan fingerprint density at radius 3 is 2.67 bits per heavy atom. The van der Waals surface area contributed by atoms with E-state index in [4.69, 9.17) is 4.74 Å². The van der Waals surface area contributed by atoms with E-state index in [1.54, 1.807) is 29.2 Å². The van der Waals surface area contributed by atoms with Gasteiger partial charge in [-0.05, 0) is 37.1 Å². The van der Waals surface area contributed by atoms with Gasteiger partial charge in [0.1, 0.15) is 12.6 Å². The first-order chi connectivity index (χ1) is 13.0. The van der Waals surface area contributed by atoms with Gasteiger partial charge in [0.15, 0.2) is 0 Å². The minimum Gasteiger partial charge on any atom is -0.370 e. The first-order valence-corrected chi connectivity index (χ1v) is 8.94. The van der Waals surface area contributed by atoms with Crippen LogP contribution >= 0.6 is 0 Å². The zero-order valence-corrected chi connectivity index (χ0v) is 14.6. The Hall–Kier alpha value is -2.94. The molecule has 2 atom stereocenters. The molecule has 3 saturated heterocycles. The normalized spacial score (nSPS) is 24.6. The molecule has 2 N–H and O–H groups in total. The lowest BCUT2D eigenvalue weighted by atomic mass is 10.2. The van der Waals surface area contributed by atoms with Gasteiger partial charge >= 0.3 is 11.8 Å². The second kappa shape index (κ2) is 6.99. The number of piperazine rings is 1. The number of nitrogens with zero attached hydrogens (tertiary/aromatic N) is 2. The largest absolute Gasteiger partial charge is 0.370 e. The van der Waals surface area contributed by atoms with Crippen LogP contribution in [0.5, 0.6) is 0 Å². The second-order valence-electron chi connectivity index (χ2n) is 6.80. The zero-order chi connectivity index (χ0) is 19.0. The summed E-state index contributed by atoms with van der Waals surface area (Å²) in [5.74, 6) is -1.78. The predicted molar refractivity (Wildman–Crippen MR) is 94.9 cm³/mol. The maximum atomic E-state index is 12.5. The molecule has 9 heteroatoms. The van der Waals surface area contributed by atoms with Gasteiger partial charge in [-0.3, -0.25) is 19.2 Å². The summed E-state index contributed by atoms with van der Waals surface area (Å²) >= 11 is 0. The van der Waals surface area contributed by atoms with Gasteiger partial charge < -0.3 is 25.2 Å². The number of nitrogens with one attached hydrogen (secondary N) is 2. The number of carbonyl (C=O) groups is 4. The number of rotatable bonds is 2. The van der Waals surface area contributed by atoms with E-state index in [1.165, 1.54) is 4.90 Å². The number of amides is 4. The van der Waals surface area contributed by atoms with Crippen LogP contribution in [0, 0.1) is 0 Å². The SMILES string of the molecule is O=C(Nc1ccc(N2CCOCC2=O)cc1)C(=O)N1C2CCC1C(=O)NC2. The number of benzene rings is 1. The first kappa shape index (κ1) is 17.5. The number of hydrogen-bond acceptors (Lipinski definition) is 5. The van der Waals surface area contributed by atoms with Crippen LogP contribution < -0.4 is 15.5 Å². The molecule has 4 rings (SSSR count). The van der Waals surface area contributed by atoms with Crippen LogP contribution in [-0.2, 0) is 23.9 Å².